The number of nitrogens with two attached hydrogens (primary N) is 1. The second kappa shape index (κ2) is 7.53. The van der Waals surface area contributed by atoms with Crippen molar-refractivity contribution in [2.75, 3.05) is 20.6 Å². The van der Waals surface area contributed by atoms with Crippen LogP contribution in [-0.4, -0.2) is 43.4 Å². The Balaban J connectivity index is 2.31. The zero-order valence-electron chi connectivity index (χ0n) is 11.4. The highest BCUT2D eigenvalue weighted by Crippen LogP contribution is 2.03. The van der Waals surface area contributed by atoms with E-state index >= 15 is 0 Å². The Morgan fingerprint density at radius 2 is 1.89 bits per heavy atom. The maximum atomic E-state index is 11.7. The molecule has 0 fully saturated rings. The fourth-order valence-corrected chi connectivity index (χ4v) is 1.55. The van der Waals surface area contributed by atoms with Crippen molar-refractivity contribution in [2.24, 2.45) is 5.73 Å². The first-order valence-electron chi connectivity index (χ1n) is 6.28. The fraction of sp³-hybridized carbons (Fsp3) is 0.429. The molecule has 0 aliphatic rings. The maximum absolute atomic E-state index is 11.7. The van der Waals surface area contributed by atoms with Gasteiger partial charge in [-0.25, -0.2) is 0 Å². The van der Waals surface area contributed by atoms with Crippen LogP contribution in [0.4, 0.5) is 0 Å². The second-order valence-corrected chi connectivity index (χ2v) is 4.64. The Morgan fingerprint density at radius 3 is 2.47 bits per heavy atom. The van der Waals surface area contributed by atoms with Crippen molar-refractivity contribution in [3.63, 3.8) is 0 Å². The fourth-order valence-electron chi connectivity index (χ4n) is 1.55. The maximum Gasteiger partial charge on any atom is 0.241 e. The van der Waals surface area contributed by atoms with Gasteiger partial charge in [0.15, 0.2) is 0 Å². The van der Waals surface area contributed by atoms with Gasteiger partial charge in [-0.05, 0) is 18.4 Å². The predicted octanol–water partition coefficient (Wildman–Crippen LogP) is 0.151. The Hall–Kier alpha value is -1.88. The summed E-state index contributed by atoms with van der Waals surface area (Å²) in [7, 11) is 3.29. The van der Waals surface area contributed by atoms with E-state index in [1.54, 1.807) is 14.1 Å². The summed E-state index contributed by atoms with van der Waals surface area (Å²) in [6.45, 7) is -0.00906. The number of carbonyl (C=O) groups is 2. The molecule has 1 aromatic rings. The van der Waals surface area contributed by atoms with Gasteiger partial charge in [0.1, 0.15) is 0 Å². The third-order valence-corrected chi connectivity index (χ3v) is 2.84. The summed E-state index contributed by atoms with van der Waals surface area (Å²) in [4.78, 5) is 24.4. The Kier molecular flexibility index (Phi) is 6.02. The largest absolute Gasteiger partial charge is 0.347 e. The molecule has 0 saturated heterocycles. The molecule has 1 rings (SSSR count). The van der Waals surface area contributed by atoms with Crippen LogP contribution in [0.1, 0.15) is 12.0 Å². The van der Waals surface area contributed by atoms with E-state index in [-0.39, 0.29) is 18.4 Å². The minimum Gasteiger partial charge on any atom is -0.347 e. The van der Waals surface area contributed by atoms with Crippen molar-refractivity contribution in [1.29, 1.82) is 0 Å². The van der Waals surface area contributed by atoms with Gasteiger partial charge in [-0.2, -0.15) is 0 Å². The molecule has 0 aliphatic heterocycles. The van der Waals surface area contributed by atoms with E-state index in [1.165, 1.54) is 4.90 Å². The summed E-state index contributed by atoms with van der Waals surface area (Å²) in [6, 6.07) is 9.27. The molecule has 0 radical (unpaired) electrons. The topological polar surface area (TPSA) is 75.4 Å². The van der Waals surface area contributed by atoms with Gasteiger partial charge < -0.3 is 16.0 Å². The average Bonchev–Trinajstić information content (AvgIpc) is 2.42. The summed E-state index contributed by atoms with van der Waals surface area (Å²) < 4.78 is 0. The molecule has 5 heteroatoms. The molecule has 0 aliphatic carbocycles. The molecule has 3 N–H and O–H groups in total. The highest BCUT2D eigenvalue weighted by atomic mass is 16.2. The monoisotopic (exact) mass is 263 g/mol. The number of aryl methyl sites for hydroxylation is 1. The summed E-state index contributed by atoms with van der Waals surface area (Å²) in [5.74, 6) is -0.435. The number of benzene rings is 1. The summed E-state index contributed by atoms with van der Waals surface area (Å²) in [5.41, 5.74) is 6.94. The lowest BCUT2D eigenvalue weighted by Gasteiger charge is -2.14. The van der Waals surface area contributed by atoms with Crippen LogP contribution >= 0.6 is 0 Å². The SMILES string of the molecule is CN(C)C(=O)CNC(=O)C(N)CCc1ccccc1. The molecule has 19 heavy (non-hydrogen) atoms. The molecular weight excluding hydrogens is 242 g/mol. The molecule has 0 spiro atoms. The summed E-state index contributed by atoms with van der Waals surface area (Å²) in [5, 5.41) is 2.54. The van der Waals surface area contributed by atoms with E-state index in [2.05, 4.69) is 5.32 Å². The molecule has 1 aromatic carbocycles. The van der Waals surface area contributed by atoms with Gasteiger partial charge in [-0.1, -0.05) is 30.3 Å². The number of rotatable bonds is 6. The summed E-state index contributed by atoms with van der Waals surface area (Å²) >= 11 is 0. The number of hydrogen-bond donors (Lipinski definition) is 2. The molecule has 1 atom stereocenters. The third kappa shape index (κ3) is 5.52. The molecule has 2 amide bonds. The lowest BCUT2D eigenvalue weighted by molar-refractivity contribution is -0.131. The van der Waals surface area contributed by atoms with Crippen LogP contribution in [0.2, 0.25) is 0 Å². The van der Waals surface area contributed by atoms with E-state index in [4.69, 9.17) is 5.73 Å². The Bertz CT molecular complexity index is 418. The van der Waals surface area contributed by atoms with E-state index in [9.17, 15) is 9.59 Å². The van der Waals surface area contributed by atoms with Crippen LogP contribution in [0.25, 0.3) is 0 Å². The van der Waals surface area contributed by atoms with Crippen molar-refractivity contribution in [1.82, 2.24) is 10.2 Å². The minimum absolute atomic E-state index is 0.00906. The minimum atomic E-state index is -0.588. The van der Waals surface area contributed by atoms with Crippen LogP contribution < -0.4 is 11.1 Å². The van der Waals surface area contributed by atoms with Gasteiger partial charge in [0.2, 0.25) is 11.8 Å². The highest BCUT2D eigenvalue weighted by molar-refractivity contribution is 5.87. The van der Waals surface area contributed by atoms with Crippen molar-refractivity contribution in [3.05, 3.63) is 35.9 Å². The number of nitrogens with zero attached hydrogens (tertiary/aromatic N) is 1. The Labute approximate surface area is 113 Å². The van der Waals surface area contributed by atoms with Gasteiger partial charge in [0.25, 0.3) is 0 Å². The van der Waals surface area contributed by atoms with Crippen LogP contribution in [-0.2, 0) is 16.0 Å². The lowest BCUT2D eigenvalue weighted by atomic mass is 10.1. The van der Waals surface area contributed by atoms with E-state index in [1.807, 2.05) is 30.3 Å². The number of nitrogens with one attached hydrogen (secondary N) is 1. The van der Waals surface area contributed by atoms with Gasteiger partial charge in [-0.3, -0.25) is 9.59 Å². The smallest absolute Gasteiger partial charge is 0.241 e. The molecule has 0 bridgehead atoms. The lowest BCUT2D eigenvalue weighted by Crippen LogP contribution is -2.44. The molecule has 5 nitrogen and oxygen atoms in total. The van der Waals surface area contributed by atoms with Crippen molar-refractivity contribution >= 4 is 11.8 Å². The molecule has 0 aromatic heterocycles. The standard InChI is InChI=1S/C14H21N3O2/c1-17(2)13(18)10-16-14(19)12(15)9-8-11-6-4-3-5-7-11/h3-7,12H,8-10,15H2,1-2H3,(H,16,19). The van der Waals surface area contributed by atoms with Gasteiger partial charge in [-0.15, -0.1) is 0 Å². The molecule has 0 heterocycles. The predicted molar refractivity (Wildman–Crippen MR) is 74.4 cm³/mol. The number of amides is 2. The van der Waals surface area contributed by atoms with Gasteiger partial charge >= 0.3 is 0 Å². The number of likely N-dealkylation sites (N-methyl/N-ethyl adjacent to an activating group) is 1. The zero-order valence-corrected chi connectivity index (χ0v) is 11.4. The molecule has 104 valence electrons. The van der Waals surface area contributed by atoms with Crippen molar-refractivity contribution < 1.29 is 9.59 Å². The Morgan fingerprint density at radius 1 is 1.26 bits per heavy atom. The first-order valence-corrected chi connectivity index (χ1v) is 6.28. The summed E-state index contributed by atoms with van der Waals surface area (Å²) in [6.07, 6.45) is 1.31. The van der Waals surface area contributed by atoms with E-state index < -0.39 is 6.04 Å². The van der Waals surface area contributed by atoms with Crippen molar-refractivity contribution in [3.8, 4) is 0 Å². The number of hydrogen-bond acceptors (Lipinski definition) is 3. The van der Waals surface area contributed by atoms with Crippen LogP contribution in [0.3, 0.4) is 0 Å². The normalized spacial score (nSPS) is 11.7. The first kappa shape index (κ1) is 15.2. The highest BCUT2D eigenvalue weighted by Gasteiger charge is 2.14. The third-order valence-electron chi connectivity index (χ3n) is 2.84. The number of carbonyl (C=O) groups excluding carboxylic acids is 2. The molecule has 0 saturated carbocycles. The van der Waals surface area contributed by atoms with Crippen molar-refractivity contribution in [2.45, 2.75) is 18.9 Å². The van der Waals surface area contributed by atoms with Gasteiger partial charge in [0.05, 0.1) is 12.6 Å². The first-order chi connectivity index (χ1) is 9.00. The molecular formula is C14H21N3O2. The van der Waals surface area contributed by atoms with Crippen LogP contribution in [0.5, 0.6) is 0 Å². The second-order valence-electron chi connectivity index (χ2n) is 4.64. The van der Waals surface area contributed by atoms with E-state index in [0.29, 0.717) is 6.42 Å². The zero-order chi connectivity index (χ0) is 14.3. The van der Waals surface area contributed by atoms with Crippen LogP contribution in [0, 0.1) is 0 Å². The quantitative estimate of drug-likeness (QED) is 0.767. The average molecular weight is 263 g/mol. The van der Waals surface area contributed by atoms with Gasteiger partial charge in [0, 0.05) is 14.1 Å². The van der Waals surface area contributed by atoms with Crippen LogP contribution in [0.15, 0.2) is 30.3 Å². The molecule has 1 unspecified atom stereocenters. The van der Waals surface area contributed by atoms with E-state index in [0.717, 1.165) is 12.0 Å².